The maximum atomic E-state index is 10.5. The summed E-state index contributed by atoms with van der Waals surface area (Å²) < 4.78 is 10.3. The molecule has 0 spiro atoms. The average molecular weight is 373 g/mol. The Morgan fingerprint density at radius 1 is 1.19 bits per heavy atom. The van der Waals surface area contributed by atoms with Crippen molar-refractivity contribution in [2.24, 2.45) is 5.10 Å². The molecule has 0 aromatic heterocycles. The molecule has 0 heterocycles. The number of hydrogen-bond donors (Lipinski definition) is 3. The van der Waals surface area contributed by atoms with Crippen LogP contribution in [0.5, 0.6) is 11.5 Å². The fourth-order valence-corrected chi connectivity index (χ4v) is 2.19. The van der Waals surface area contributed by atoms with Gasteiger partial charge < -0.3 is 19.9 Å². The second kappa shape index (κ2) is 9.38. The first-order valence-electron chi connectivity index (χ1n) is 7.69. The first kappa shape index (κ1) is 19.2. The number of aliphatic carboxylic acids is 1. The van der Waals surface area contributed by atoms with Gasteiger partial charge in [-0.1, -0.05) is 12.1 Å². The second-order valence-corrected chi connectivity index (χ2v) is 5.58. The van der Waals surface area contributed by atoms with Crippen molar-refractivity contribution < 1.29 is 19.4 Å². The van der Waals surface area contributed by atoms with Crippen LogP contribution in [0, 0.1) is 0 Å². The molecule has 2 aromatic rings. The molecule has 0 atom stereocenters. The predicted molar refractivity (Wildman–Crippen MR) is 104 cm³/mol. The summed E-state index contributed by atoms with van der Waals surface area (Å²) in [6.07, 6.45) is 0. The molecule has 8 heteroatoms. The number of hydrazone groups is 1. The van der Waals surface area contributed by atoms with Crippen LogP contribution in [0.3, 0.4) is 0 Å². The van der Waals surface area contributed by atoms with E-state index in [1.807, 2.05) is 31.2 Å². The number of benzene rings is 2. The highest BCUT2D eigenvalue weighted by atomic mass is 32.1. The van der Waals surface area contributed by atoms with Crippen LogP contribution in [-0.2, 0) is 4.79 Å². The van der Waals surface area contributed by atoms with Crippen molar-refractivity contribution in [1.82, 2.24) is 5.43 Å². The number of ether oxygens (including phenoxy) is 2. The van der Waals surface area contributed by atoms with Crippen LogP contribution in [0.2, 0.25) is 0 Å². The Morgan fingerprint density at radius 3 is 2.54 bits per heavy atom. The van der Waals surface area contributed by atoms with Crippen LogP contribution in [-0.4, -0.2) is 35.6 Å². The smallest absolute Gasteiger partial charge is 0.341 e. The highest BCUT2D eigenvalue weighted by Gasteiger charge is 2.04. The Morgan fingerprint density at radius 2 is 1.88 bits per heavy atom. The lowest BCUT2D eigenvalue weighted by atomic mass is 10.1. The number of methoxy groups -OCH3 is 1. The minimum Gasteiger partial charge on any atom is -0.495 e. The zero-order chi connectivity index (χ0) is 18.9. The number of carboxylic acids is 1. The molecule has 0 aliphatic rings. The number of carboxylic acid groups (broad SMARTS) is 1. The molecule has 0 saturated carbocycles. The van der Waals surface area contributed by atoms with Crippen LogP contribution in [0.25, 0.3) is 0 Å². The summed E-state index contributed by atoms with van der Waals surface area (Å²) >= 11 is 5.23. The summed E-state index contributed by atoms with van der Waals surface area (Å²) in [6.45, 7) is 1.45. The summed E-state index contributed by atoms with van der Waals surface area (Å²) in [5, 5.41) is 16.2. The molecule has 0 aliphatic heterocycles. The van der Waals surface area contributed by atoms with Gasteiger partial charge in [-0.15, -0.1) is 0 Å². The van der Waals surface area contributed by atoms with Crippen molar-refractivity contribution in [1.29, 1.82) is 0 Å². The molecular formula is C18H19N3O4S. The van der Waals surface area contributed by atoms with Crippen LogP contribution in [0.4, 0.5) is 5.69 Å². The third-order valence-corrected chi connectivity index (χ3v) is 3.51. The summed E-state index contributed by atoms with van der Waals surface area (Å²) in [5.41, 5.74) is 5.07. The van der Waals surface area contributed by atoms with E-state index < -0.39 is 5.97 Å². The van der Waals surface area contributed by atoms with E-state index in [4.69, 9.17) is 26.8 Å². The number of para-hydroxylation sites is 2. The van der Waals surface area contributed by atoms with Crippen LogP contribution in [0.15, 0.2) is 53.6 Å². The molecule has 3 N–H and O–H groups in total. The summed E-state index contributed by atoms with van der Waals surface area (Å²) in [6, 6.07) is 14.4. The van der Waals surface area contributed by atoms with Crippen molar-refractivity contribution in [2.75, 3.05) is 19.0 Å². The van der Waals surface area contributed by atoms with Gasteiger partial charge in [-0.3, -0.25) is 5.43 Å². The fraction of sp³-hybridized carbons (Fsp3) is 0.167. The first-order chi connectivity index (χ1) is 12.5. The number of nitrogens with zero attached hydrogens (tertiary/aromatic N) is 1. The Bertz CT molecular complexity index is 806. The largest absolute Gasteiger partial charge is 0.495 e. The van der Waals surface area contributed by atoms with Gasteiger partial charge in [-0.25, -0.2) is 4.79 Å². The van der Waals surface area contributed by atoms with E-state index in [1.165, 1.54) is 0 Å². The molecule has 0 unspecified atom stereocenters. The number of nitrogens with one attached hydrogen (secondary N) is 2. The Balaban J connectivity index is 1.94. The number of thiocarbonyl (C=S) groups is 1. The number of carbonyl (C=O) groups is 1. The molecule has 0 radical (unpaired) electrons. The van der Waals surface area contributed by atoms with Gasteiger partial charge in [0, 0.05) is 0 Å². The Hall–Kier alpha value is -3.13. The molecule has 136 valence electrons. The van der Waals surface area contributed by atoms with Crippen molar-refractivity contribution in [2.45, 2.75) is 6.92 Å². The molecule has 0 saturated heterocycles. The fourth-order valence-electron chi connectivity index (χ4n) is 2.03. The van der Waals surface area contributed by atoms with Crippen LogP contribution < -0.4 is 20.2 Å². The summed E-state index contributed by atoms with van der Waals surface area (Å²) in [4.78, 5) is 10.5. The van der Waals surface area contributed by atoms with E-state index in [0.717, 1.165) is 11.3 Å². The SMILES string of the molecule is COc1ccccc1NC(=S)N/N=C(/C)c1ccc(OCC(=O)O)cc1. The van der Waals surface area contributed by atoms with Gasteiger partial charge in [0.25, 0.3) is 0 Å². The van der Waals surface area contributed by atoms with Gasteiger partial charge in [0.1, 0.15) is 11.5 Å². The van der Waals surface area contributed by atoms with E-state index in [0.29, 0.717) is 22.3 Å². The Kier molecular flexibility index (Phi) is 6.92. The van der Waals surface area contributed by atoms with Gasteiger partial charge in [-0.2, -0.15) is 5.10 Å². The third-order valence-electron chi connectivity index (χ3n) is 3.31. The van der Waals surface area contributed by atoms with Gasteiger partial charge in [0.2, 0.25) is 0 Å². The standard InChI is InChI=1S/C18H19N3O4S/c1-12(13-7-9-14(10-8-13)25-11-17(22)23)20-21-18(26)19-15-5-3-4-6-16(15)24-2/h3-10H,11H2,1-2H3,(H,22,23)(H2,19,21,26)/b20-12-. The normalized spacial score (nSPS) is 10.8. The lowest BCUT2D eigenvalue weighted by Gasteiger charge is -2.11. The molecule has 0 bridgehead atoms. The number of anilines is 1. The predicted octanol–water partition coefficient (Wildman–Crippen LogP) is 2.87. The van der Waals surface area contributed by atoms with Gasteiger partial charge in [0.15, 0.2) is 11.7 Å². The number of hydrogen-bond acceptors (Lipinski definition) is 5. The minimum absolute atomic E-state index is 0.329. The van der Waals surface area contributed by atoms with Gasteiger partial charge >= 0.3 is 5.97 Å². The topological polar surface area (TPSA) is 92.2 Å². The minimum atomic E-state index is -1.02. The highest BCUT2D eigenvalue weighted by molar-refractivity contribution is 7.80. The van der Waals surface area contributed by atoms with Gasteiger partial charge in [0.05, 0.1) is 18.5 Å². The lowest BCUT2D eigenvalue weighted by Crippen LogP contribution is -2.25. The van der Waals surface area contributed by atoms with E-state index >= 15 is 0 Å². The summed E-state index contributed by atoms with van der Waals surface area (Å²) in [5.74, 6) is 0.131. The van der Waals surface area contributed by atoms with Crippen LogP contribution in [0.1, 0.15) is 12.5 Å². The average Bonchev–Trinajstić information content (AvgIpc) is 2.65. The quantitative estimate of drug-likeness (QED) is 0.390. The Labute approximate surface area is 156 Å². The molecule has 2 rings (SSSR count). The van der Waals surface area contributed by atoms with E-state index in [-0.39, 0.29) is 6.61 Å². The van der Waals surface area contributed by atoms with Crippen LogP contribution >= 0.6 is 12.2 Å². The highest BCUT2D eigenvalue weighted by Crippen LogP contribution is 2.22. The zero-order valence-electron chi connectivity index (χ0n) is 14.4. The molecule has 0 aliphatic carbocycles. The summed E-state index contributed by atoms with van der Waals surface area (Å²) in [7, 11) is 1.59. The van der Waals surface area contributed by atoms with Crippen molar-refractivity contribution in [3.05, 3.63) is 54.1 Å². The maximum Gasteiger partial charge on any atom is 0.341 e. The molecule has 2 aromatic carbocycles. The monoisotopic (exact) mass is 373 g/mol. The third kappa shape index (κ3) is 5.75. The maximum absolute atomic E-state index is 10.5. The molecule has 0 fully saturated rings. The van der Waals surface area contributed by atoms with Crippen molar-refractivity contribution in [3.8, 4) is 11.5 Å². The van der Waals surface area contributed by atoms with Gasteiger partial charge in [-0.05, 0) is 61.1 Å². The lowest BCUT2D eigenvalue weighted by molar-refractivity contribution is -0.139. The van der Waals surface area contributed by atoms with E-state index in [9.17, 15) is 4.79 Å². The molecule has 7 nitrogen and oxygen atoms in total. The number of rotatable bonds is 7. The van der Waals surface area contributed by atoms with E-state index in [2.05, 4.69) is 15.8 Å². The van der Waals surface area contributed by atoms with Crippen molar-refractivity contribution in [3.63, 3.8) is 0 Å². The molecular weight excluding hydrogens is 354 g/mol. The van der Waals surface area contributed by atoms with Crippen molar-refractivity contribution >= 4 is 34.7 Å². The zero-order valence-corrected chi connectivity index (χ0v) is 15.2. The molecule has 0 amide bonds. The van der Waals surface area contributed by atoms with E-state index in [1.54, 1.807) is 31.4 Å². The first-order valence-corrected chi connectivity index (χ1v) is 8.09. The second-order valence-electron chi connectivity index (χ2n) is 5.17. The molecule has 26 heavy (non-hydrogen) atoms.